The number of nitrogens with one attached hydrogen (secondary N) is 1. The van der Waals surface area contributed by atoms with Gasteiger partial charge in [0.1, 0.15) is 0 Å². The molecule has 20 heavy (non-hydrogen) atoms. The highest BCUT2D eigenvalue weighted by atomic mass is 32.2. The van der Waals surface area contributed by atoms with E-state index in [2.05, 4.69) is 33.0 Å². The van der Waals surface area contributed by atoms with Crippen molar-refractivity contribution in [2.45, 2.75) is 64.7 Å². The molecule has 4 atom stereocenters. The number of rotatable bonds is 8. The van der Waals surface area contributed by atoms with Gasteiger partial charge in [0.2, 0.25) is 0 Å². The van der Waals surface area contributed by atoms with Crippen molar-refractivity contribution in [3.63, 3.8) is 0 Å². The zero-order valence-corrected chi connectivity index (χ0v) is 14.7. The van der Waals surface area contributed by atoms with Crippen LogP contribution in [0.4, 0.5) is 0 Å². The van der Waals surface area contributed by atoms with Gasteiger partial charge in [0.05, 0.1) is 11.9 Å². The van der Waals surface area contributed by atoms with Gasteiger partial charge in [0.15, 0.2) is 0 Å². The number of methoxy groups -OCH3 is 1. The van der Waals surface area contributed by atoms with E-state index in [4.69, 9.17) is 4.74 Å². The monoisotopic (exact) mass is 303 g/mol. The van der Waals surface area contributed by atoms with E-state index in [9.17, 15) is 4.21 Å². The molecule has 0 aromatic rings. The van der Waals surface area contributed by atoms with Gasteiger partial charge >= 0.3 is 0 Å². The first-order valence-electron chi connectivity index (χ1n) is 8.05. The Hall–Kier alpha value is 0.0700. The van der Waals surface area contributed by atoms with Gasteiger partial charge < -0.3 is 10.1 Å². The lowest BCUT2D eigenvalue weighted by Gasteiger charge is -2.43. The lowest BCUT2D eigenvalue weighted by Crippen LogP contribution is -2.49. The summed E-state index contributed by atoms with van der Waals surface area (Å²) >= 11 is 0. The summed E-state index contributed by atoms with van der Waals surface area (Å²) in [6.45, 7) is 10.7. The van der Waals surface area contributed by atoms with Crippen LogP contribution >= 0.6 is 0 Å². The van der Waals surface area contributed by atoms with Crippen molar-refractivity contribution in [1.82, 2.24) is 5.32 Å². The molecule has 1 fully saturated rings. The molecule has 0 radical (unpaired) electrons. The molecule has 1 saturated carbocycles. The molecule has 0 saturated heterocycles. The molecule has 0 aromatic heterocycles. The molecule has 0 amide bonds. The Labute approximate surface area is 127 Å². The summed E-state index contributed by atoms with van der Waals surface area (Å²) in [6, 6.07) is 0.418. The zero-order chi connectivity index (χ0) is 15.2. The van der Waals surface area contributed by atoms with Gasteiger partial charge in [-0.2, -0.15) is 0 Å². The molecule has 0 bridgehead atoms. The topological polar surface area (TPSA) is 38.3 Å². The molecule has 1 N–H and O–H groups in total. The number of ether oxygens (including phenoxy) is 1. The Balaban J connectivity index is 2.73. The summed E-state index contributed by atoms with van der Waals surface area (Å²) in [6.07, 6.45) is 4.71. The molecule has 120 valence electrons. The third-order valence-electron chi connectivity index (χ3n) is 5.10. The van der Waals surface area contributed by atoms with Crippen LogP contribution in [0.3, 0.4) is 0 Å². The predicted octanol–water partition coefficient (Wildman–Crippen LogP) is 2.96. The van der Waals surface area contributed by atoms with E-state index in [0.717, 1.165) is 19.4 Å². The van der Waals surface area contributed by atoms with E-state index >= 15 is 0 Å². The van der Waals surface area contributed by atoms with Gasteiger partial charge in [-0.05, 0) is 37.1 Å². The van der Waals surface area contributed by atoms with E-state index in [1.165, 1.54) is 12.8 Å². The minimum atomic E-state index is -0.783. The van der Waals surface area contributed by atoms with E-state index in [1.54, 1.807) is 7.11 Å². The lowest BCUT2D eigenvalue weighted by atomic mass is 9.68. The highest BCUT2D eigenvalue weighted by Crippen LogP contribution is 2.41. The van der Waals surface area contributed by atoms with Crippen molar-refractivity contribution < 1.29 is 8.95 Å². The Morgan fingerprint density at radius 2 is 2.00 bits per heavy atom. The van der Waals surface area contributed by atoms with Gasteiger partial charge in [0, 0.05) is 29.7 Å². The molecular formula is C16H33NO2S. The number of hydrogen-bond acceptors (Lipinski definition) is 3. The van der Waals surface area contributed by atoms with Crippen LogP contribution in [0.25, 0.3) is 0 Å². The molecule has 4 heteroatoms. The molecule has 4 unspecified atom stereocenters. The maximum atomic E-state index is 12.6. The van der Waals surface area contributed by atoms with Crippen molar-refractivity contribution in [2.24, 2.45) is 11.3 Å². The first kappa shape index (κ1) is 18.1. The van der Waals surface area contributed by atoms with Crippen molar-refractivity contribution in [3.8, 4) is 0 Å². The fraction of sp³-hybridized carbons (Fsp3) is 1.00. The average Bonchev–Trinajstić information content (AvgIpc) is 2.45. The third-order valence-corrected chi connectivity index (χ3v) is 6.87. The fourth-order valence-corrected chi connectivity index (χ4v) is 4.91. The second-order valence-electron chi connectivity index (χ2n) is 6.63. The van der Waals surface area contributed by atoms with Gasteiger partial charge in [-0.3, -0.25) is 4.21 Å². The highest BCUT2D eigenvalue weighted by Gasteiger charge is 2.39. The smallest absolute Gasteiger partial charge is 0.0577 e. The van der Waals surface area contributed by atoms with Gasteiger partial charge in [-0.15, -0.1) is 0 Å². The predicted molar refractivity (Wildman–Crippen MR) is 87.6 cm³/mol. The van der Waals surface area contributed by atoms with Gasteiger partial charge in [-0.1, -0.05) is 34.1 Å². The van der Waals surface area contributed by atoms with Crippen LogP contribution in [-0.2, 0) is 15.5 Å². The zero-order valence-electron chi connectivity index (χ0n) is 13.9. The Morgan fingerprint density at radius 3 is 2.55 bits per heavy atom. The van der Waals surface area contributed by atoms with Crippen LogP contribution in [0, 0.1) is 11.3 Å². The summed E-state index contributed by atoms with van der Waals surface area (Å²) in [4.78, 5) is 0. The van der Waals surface area contributed by atoms with Crippen LogP contribution in [0.5, 0.6) is 0 Å². The maximum absolute atomic E-state index is 12.6. The van der Waals surface area contributed by atoms with Crippen molar-refractivity contribution in [1.29, 1.82) is 0 Å². The Morgan fingerprint density at radius 1 is 1.30 bits per heavy atom. The van der Waals surface area contributed by atoms with Crippen molar-refractivity contribution in [3.05, 3.63) is 0 Å². The Bertz CT molecular complexity index is 307. The Kier molecular flexibility index (Phi) is 7.70. The largest absolute Gasteiger partial charge is 0.384 e. The normalized spacial score (nSPS) is 29.4. The van der Waals surface area contributed by atoms with Crippen LogP contribution in [0.15, 0.2) is 0 Å². The van der Waals surface area contributed by atoms with Gasteiger partial charge in [-0.25, -0.2) is 0 Å². The molecule has 0 aliphatic heterocycles. The first-order valence-corrected chi connectivity index (χ1v) is 9.44. The van der Waals surface area contributed by atoms with Crippen LogP contribution in [-0.4, -0.2) is 41.5 Å². The molecule has 3 nitrogen and oxygen atoms in total. The van der Waals surface area contributed by atoms with Crippen LogP contribution < -0.4 is 5.32 Å². The fourth-order valence-electron chi connectivity index (χ4n) is 3.23. The molecule has 1 aliphatic carbocycles. The summed E-state index contributed by atoms with van der Waals surface area (Å²) in [5.74, 6) is 1.36. The van der Waals surface area contributed by atoms with Crippen molar-refractivity contribution >= 4 is 10.8 Å². The first-order chi connectivity index (χ1) is 9.46. The summed E-state index contributed by atoms with van der Waals surface area (Å²) < 4.78 is 17.7. The van der Waals surface area contributed by atoms with Gasteiger partial charge in [0.25, 0.3) is 0 Å². The van der Waals surface area contributed by atoms with E-state index in [1.807, 2.05) is 0 Å². The minimum absolute atomic E-state index is 0.287. The molecule has 1 aliphatic rings. The molecular weight excluding hydrogens is 270 g/mol. The second kappa shape index (κ2) is 8.50. The lowest BCUT2D eigenvalue weighted by molar-refractivity contribution is 0.140. The number of hydrogen-bond donors (Lipinski definition) is 1. The SMILES string of the molecule is CCNC1CCC(C(C)(C)CC)CC1S(=O)CCOC. The maximum Gasteiger partial charge on any atom is 0.0577 e. The van der Waals surface area contributed by atoms with E-state index in [-0.39, 0.29) is 5.25 Å². The second-order valence-corrected chi connectivity index (χ2v) is 8.41. The summed E-state index contributed by atoms with van der Waals surface area (Å²) in [7, 11) is 0.900. The standard InChI is InChI=1S/C16H33NO2S/c1-6-16(3,4)13-8-9-14(17-7-2)15(12-13)20(18)11-10-19-5/h13-15,17H,6-12H2,1-5H3. The van der Waals surface area contributed by atoms with Crippen LogP contribution in [0.1, 0.15) is 53.4 Å². The van der Waals surface area contributed by atoms with Crippen molar-refractivity contribution in [2.75, 3.05) is 26.0 Å². The highest BCUT2D eigenvalue weighted by molar-refractivity contribution is 7.85. The molecule has 0 aromatic carbocycles. The summed E-state index contributed by atoms with van der Waals surface area (Å²) in [5.41, 5.74) is 0.362. The van der Waals surface area contributed by atoms with E-state index in [0.29, 0.717) is 29.7 Å². The summed E-state index contributed by atoms with van der Waals surface area (Å²) in [5, 5.41) is 3.83. The molecule has 0 heterocycles. The van der Waals surface area contributed by atoms with Crippen LogP contribution in [0.2, 0.25) is 0 Å². The minimum Gasteiger partial charge on any atom is -0.384 e. The average molecular weight is 304 g/mol. The quantitative estimate of drug-likeness (QED) is 0.749. The van der Waals surface area contributed by atoms with E-state index < -0.39 is 10.8 Å². The molecule has 1 rings (SSSR count). The third kappa shape index (κ3) is 4.81. The molecule has 0 spiro atoms.